The molecule has 5 rings (SSSR count). The molecule has 2 N–H and O–H groups in total. The van der Waals surface area contributed by atoms with Gasteiger partial charge in [-0.1, -0.05) is 12.1 Å². The Balaban J connectivity index is 1.29. The van der Waals surface area contributed by atoms with E-state index in [0.29, 0.717) is 28.4 Å². The monoisotopic (exact) mass is 536 g/mol. The number of nitriles is 1. The Morgan fingerprint density at radius 3 is 2.42 bits per heavy atom. The molecule has 11 heteroatoms. The van der Waals surface area contributed by atoms with Crippen LogP contribution in [0.3, 0.4) is 0 Å². The van der Waals surface area contributed by atoms with Gasteiger partial charge < -0.3 is 15.4 Å². The molecule has 0 unspecified atom stereocenters. The molecular formula is C29H25FN8O2. The molecule has 5 aromatic rings. The zero-order valence-electron chi connectivity index (χ0n) is 22.0. The second kappa shape index (κ2) is 11.1. The second-order valence-electron chi connectivity index (χ2n) is 9.26. The molecule has 0 spiro atoms. The maximum Gasteiger partial charge on any atom is 0.323 e. The summed E-state index contributed by atoms with van der Waals surface area (Å²) in [5.74, 6) is 0.0664. The largest absolute Gasteiger partial charge is 0.457 e. The summed E-state index contributed by atoms with van der Waals surface area (Å²) in [7, 11) is 1.81. The maximum absolute atomic E-state index is 14.9. The van der Waals surface area contributed by atoms with Gasteiger partial charge in [-0.2, -0.15) is 15.5 Å². The molecule has 0 fully saturated rings. The molecule has 0 aliphatic carbocycles. The van der Waals surface area contributed by atoms with Crippen LogP contribution in [0.1, 0.15) is 25.5 Å². The van der Waals surface area contributed by atoms with Gasteiger partial charge in [0.25, 0.3) is 0 Å². The third-order valence-corrected chi connectivity index (χ3v) is 5.95. The number of amides is 2. The van der Waals surface area contributed by atoms with Crippen molar-refractivity contribution in [3.05, 3.63) is 90.8 Å². The van der Waals surface area contributed by atoms with Crippen LogP contribution < -0.4 is 15.4 Å². The molecule has 2 aromatic carbocycles. The number of carbonyl (C=O) groups is 1. The minimum absolute atomic E-state index is 0.0215. The van der Waals surface area contributed by atoms with E-state index in [9.17, 15) is 9.18 Å². The normalized spacial score (nSPS) is 10.8. The van der Waals surface area contributed by atoms with Gasteiger partial charge in [-0.25, -0.2) is 9.18 Å². The number of aromatic nitrogens is 5. The Morgan fingerprint density at radius 1 is 1.00 bits per heavy atom. The van der Waals surface area contributed by atoms with Crippen LogP contribution in [0, 0.1) is 17.1 Å². The number of hydrogen-bond donors (Lipinski definition) is 2. The lowest BCUT2D eigenvalue weighted by Crippen LogP contribution is -2.20. The highest BCUT2D eigenvalue weighted by Gasteiger charge is 2.17. The van der Waals surface area contributed by atoms with Crippen molar-refractivity contribution in [2.75, 3.05) is 10.6 Å². The number of nitrogens with zero attached hydrogens (tertiary/aromatic N) is 6. The van der Waals surface area contributed by atoms with E-state index >= 15 is 0 Å². The molecule has 0 bridgehead atoms. The highest BCUT2D eigenvalue weighted by molar-refractivity contribution is 6.02. The summed E-state index contributed by atoms with van der Waals surface area (Å²) in [4.78, 5) is 17.2. The number of nitrogens with one attached hydrogen (secondary N) is 2. The van der Waals surface area contributed by atoms with Crippen LogP contribution in [0.4, 0.5) is 20.6 Å². The molecule has 0 aliphatic rings. The molecule has 0 aliphatic heterocycles. The van der Waals surface area contributed by atoms with Crippen LogP contribution >= 0.6 is 0 Å². The highest BCUT2D eigenvalue weighted by atomic mass is 19.1. The van der Waals surface area contributed by atoms with Gasteiger partial charge in [0, 0.05) is 54.9 Å². The van der Waals surface area contributed by atoms with Crippen LogP contribution in [0.15, 0.2) is 79.4 Å². The zero-order valence-corrected chi connectivity index (χ0v) is 22.0. The Labute approximate surface area is 229 Å². The number of ether oxygens (including phenoxy) is 1. The molecular weight excluding hydrogens is 511 g/mol. The molecule has 10 nitrogen and oxygen atoms in total. The minimum Gasteiger partial charge on any atom is -0.457 e. The lowest BCUT2D eigenvalue weighted by atomic mass is 10.1. The number of urea groups is 1. The molecule has 3 aromatic heterocycles. The summed E-state index contributed by atoms with van der Waals surface area (Å²) < 4.78 is 24.1. The minimum atomic E-state index is -0.667. The Morgan fingerprint density at radius 2 is 1.75 bits per heavy atom. The molecule has 2 amide bonds. The Hall–Kier alpha value is -5.50. The van der Waals surface area contributed by atoms with Crippen molar-refractivity contribution >= 4 is 17.4 Å². The smallest absolute Gasteiger partial charge is 0.323 e. The van der Waals surface area contributed by atoms with Crippen molar-refractivity contribution in [3.8, 4) is 40.1 Å². The number of halogens is 1. The van der Waals surface area contributed by atoms with Gasteiger partial charge >= 0.3 is 6.03 Å². The fraction of sp³-hybridized carbons (Fsp3) is 0.138. The fourth-order valence-electron chi connectivity index (χ4n) is 3.92. The molecule has 0 atom stereocenters. The summed E-state index contributed by atoms with van der Waals surface area (Å²) in [6, 6.07) is 15.9. The average Bonchev–Trinajstić information content (AvgIpc) is 3.57. The quantitative estimate of drug-likeness (QED) is 0.249. The van der Waals surface area contributed by atoms with E-state index in [1.54, 1.807) is 70.4 Å². The zero-order chi connectivity index (χ0) is 28.2. The van der Waals surface area contributed by atoms with Crippen LogP contribution in [0.2, 0.25) is 0 Å². The van der Waals surface area contributed by atoms with E-state index in [1.165, 1.54) is 12.1 Å². The maximum atomic E-state index is 14.9. The SMILES string of the molecule is CC(C)n1cc(NC(=O)Nc2ccc(Oc3ccnc(-c4cnn(C)c4)c3)cc2F)c(-c2ccc(C#N)cc2)n1. The molecule has 0 saturated heterocycles. The fourth-order valence-corrected chi connectivity index (χ4v) is 3.92. The van der Waals surface area contributed by atoms with E-state index in [-0.39, 0.29) is 17.5 Å². The van der Waals surface area contributed by atoms with E-state index in [4.69, 9.17) is 10.00 Å². The molecule has 40 heavy (non-hydrogen) atoms. The van der Waals surface area contributed by atoms with E-state index in [2.05, 4.69) is 31.9 Å². The van der Waals surface area contributed by atoms with E-state index in [1.807, 2.05) is 27.1 Å². The van der Waals surface area contributed by atoms with Crippen molar-refractivity contribution in [1.29, 1.82) is 5.26 Å². The van der Waals surface area contributed by atoms with Gasteiger partial charge in [0.15, 0.2) is 0 Å². The van der Waals surface area contributed by atoms with Gasteiger partial charge in [0.2, 0.25) is 0 Å². The number of pyridine rings is 1. The van der Waals surface area contributed by atoms with Crippen LogP contribution in [0.25, 0.3) is 22.5 Å². The van der Waals surface area contributed by atoms with Gasteiger partial charge in [-0.15, -0.1) is 0 Å². The van der Waals surface area contributed by atoms with Crippen molar-refractivity contribution < 1.29 is 13.9 Å². The summed E-state index contributed by atoms with van der Waals surface area (Å²) in [5, 5.41) is 23.1. The predicted octanol–water partition coefficient (Wildman–Crippen LogP) is 6.37. The predicted molar refractivity (Wildman–Crippen MR) is 148 cm³/mol. The van der Waals surface area contributed by atoms with Crippen molar-refractivity contribution in [2.45, 2.75) is 19.9 Å². The molecule has 3 heterocycles. The Kier molecular flexibility index (Phi) is 7.24. The lowest BCUT2D eigenvalue weighted by molar-refractivity contribution is 0.262. The summed E-state index contributed by atoms with van der Waals surface area (Å²) >= 11 is 0. The highest BCUT2D eigenvalue weighted by Crippen LogP contribution is 2.30. The second-order valence-corrected chi connectivity index (χ2v) is 9.26. The number of carbonyl (C=O) groups excluding carboxylic acids is 1. The topological polar surface area (TPSA) is 123 Å². The molecule has 200 valence electrons. The van der Waals surface area contributed by atoms with Gasteiger partial charge in [-0.05, 0) is 44.2 Å². The van der Waals surface area contributed by atoms with Gasteiger partial charge in [0.1, 0.15) is 23.0 Å². The summed E-state index contributed by atoms with van der Waals surface area (Å²) in [5.41, 5.74) is 3.68. The van der Waals surface area contributed by atoms with Crippen LogP contribution in [-0.4, -0.2) is 30.6 Å². The van der Waals surface area contributed by atoms with Crippen molar-refractivity contribution in [1.82, 2.24) is 24.5 Å². The van der Waals surface area contributed by atoms with Crippen LogP contribution in [-0.2, 0) is 7.05 Å². The number of rotatable bonds is 7. The number of hydrogen-bond acceptors (Lipinski definition) is 6. The first kappa shape index (κ1) is 26.1. The first-order valence-corrected chi connectivity index (χ1v) is 12.4. The number of aryl methyl sites for hydroxylation is 1. The standard InChI is InChI=1S/C29H25FN8O2/c1-18(2)38-17-27(28(36-38)20-6-4-19(14-31)5-7-20)35-29(39)34-25-9-8-22(12-24(25)30)40-23-10-11-32-26(13-23)21-15-33-37(3)16-21/h4-13,15-18H,1-3H3,(H2,34,35,39). The van der Waals surface area contributed by atoms with Crippen molar-refractivity contribution in [3.63, 3.8) is 0 Å². The number of anilines is 2. The third kappa shape index (κ3) is 5.81. The average molecular weight is 537 g/mol. The van der Waals surface area contributed by atoms with Gasteiger partial charge in [-0.3, -0.25) is 14.3 Å². The third-order valence-electron chi connectivity index (χ3n) is 5.95. The van der Waals surface area contributed by atoms with Crippen molar-refractivity contribution in [2.24, 2.45) is 7.05 Å². The van der Waals surface area contributed by atoms with E-state index in [0.717, 1.165) is 11.1 Å². The number of benzene rings is 2. The summed E-state index contributed by atoms with van der Waals surface area (Å²) in [6.45, 7) is 3.92. The first-order valence-electron chi connectivity index (χ1n) is 12.4. The van der Waals surface area contributed by atoms with Gasteiger partial charge in [0.05, 0.1) is 34.9 Å². The summed E-state index contributed by atoms with van der Waals surface area (Å²) in [6.07, 6.45) is 6.83. The van der Waals surface area contributed by atoms with Crippen LogP contribution in [0.5, 0.6) is 11.5 Å². The first-order chi connectivity index (χ1) is 19.3. The molecule has 0 saturated carbocycles. The van der Waals surface area contributed by atoms with E-state index < -0.39 is 11.8 Å². The Bertz CT molecular complexity index is 1720. The lowest BCUT2D eigenvalue weighted by Gasteiger charge is -2.11. The molecule has 0 radical (unpaired) electrons.